The normalized spacial score (nSPS) is 20.7. The molecule has 0 spiro atoms. The summed E-state index contributed by atoms with van der Waals surface area (Å²) in [6, 6.07) is 31.6. The van der Waals surface area contributed by atoms with Crippen LogP contribution in [0.2, 0.25) is 0 Å². The molecule has 0 N–H and O–H groups in total. The van der Waals surface area contributed by atoms with Gasteiger partial charge >= 0.3 is 0 Å². The number of aromatic nitrogens is 2. The average Bonchev–Trinajstić information content (AvgIpc) is 3.60. The topological polar surface area (TPSA) is 25.8 Å². The van der Waals surface area contributed by atoms with Crippen LogP contribution >= 0.6 is 0 Å². The van der Waals surface area contributed by atoms with Gasteiger partial charge in [0.1, 0.15) is 0 Å². The molecular formula is C41H34N2. The quantitative estimate of drug-likeness (QED) is 0.213. The predicted octanol–water partition coefficient (Wildman–Crippen LogP) is 9.81. The van der Waals surface area contributed by atoms with Crippen LogP contribution in [0.3, 0.4) is 0 Å². The Morgan fingerprint density at radius 3 is 1.98 bits per heavy atom. The lowest BCUT2D eigenvalue weighted by Gasteiger charge is -2.29. The van der Waals surface area contributed by atoms with Gasteiger partial charge in [-0.05, 0) is 80.1 Å². The van der Waals surface area contributed by atoms with Crippen molar-refractivity contribution in [3.8, 4) is 45.0 Å². The number of hydrogen-bond acceptors (Lipinski definition) is 2. The molecule has 2 aromatic heterocycles. The number of rotatable bonds is 2. The van der Waals surface area contributed by atoms with Gasteiger partial charge in [-0.3, -0.25) is 0 Å². The maximum absolute atomic E-state index is 5.28. The molecule has 2 nitrogen and oxygen atoms in total. The number of hydrogen-bond donors (Lipinski definition) is 0. The molecule has 2 heteroatoms. The van der Waals surface area contributed by atoms with Gasteiger partial charge in [0.05, 0.1) is 22.8 Å². The molecule has 4 aliphatic rings. The van der Waals surface area contributed by atoms with E-state index in [-0.39, 0.29) is 10.8 Å². The molecule has 43 heavy (non-hydrogen) atoms. The van der Waals surface area contributed by atoms with E-state index < -0.39 is 0 Å². The largest absolute Gasteiger partial charge is 0.246 e. The van der Waals surface area contributed by atoms with Gasteiger partial charge in [-0.15, -0.1) is 0 Å². The van der Waals surface area contributed by atoms with Gasteiger partial charge < -0.3 is 0 Å². The van der Waals surface area contributed by atoms with Crippen LogP contribution in [0, 0.1) is 5.92 Å². The highest BCUT2D eigenvalue weighted by Gasteiger charge is 2.44. The number of pyridine rings is 2. The van der Waals surface area contributed by atoms with Crippen LogP contribution in [-0.2, 0) is 17.3 Å². The lowest BCUT2D eigenvalue weighted by molar-refractivity contribution is 0.394. The van der Waals surface area contributed by atoms with Gasteiger partial charge in [-0.2, -0.15) is 0 Å². The van der Waals surface area contributed by atoms with Crippen LogP contribution in [-0.4, -0.2) is 9.97 Å². The van der Waals surface area contributed by atoms with E-state index >= 15 is 0 Å². The number of allylic oxidation sites excluding steroid dienone is 4. The summed E-state index contributed by atoms with van der Waals surface area (Å²) in [7, 11) is 0. The van der Waals surface area contributed by atoms with Crippen LogP contribution in [0.5, 0.6) is 0 Å². The van der Waals surface area contributed by atoms with Gasteiger partial charge in [0.2, 0.25) is 0 Å². The average molecular weight is 555 g/mol. The Bertz CT molecular complexity index is 2070. The molecule has 0 fully saturated rings. The Morgan fingerprint density at radius 1 is 0.605 bits per heavy atom. The van der Waals surface area contributed by atoms with Crippen molar-refractivity contribution in [1.29, 1.82) is 0 Å². The number of fused-ring (bicyclic) bond motifs is 9. The Morgan fingerprint density at radius 2 is 1.23 bits per heavy atom. The van der Waals surface area contributed by atoms with E-state index in [0.717, 1.165) is 34.8 Å². The Hall–Kier alpha value is -4.56. The molecule has 0 bridgehead atoms. The standard InChI is InChI=1S/C41H34N2/c1-40(2)32-11-7-5-9-28(32)30-17-13-24(22-34(30)40)36-19-15-26-21-27-16-20-37(43-39(27)38(26)42-36)25-14-18-31-29-10-6-8-12-33(29)41(3,4)35(31)23-25/h5-20,22-23,28,32H,21H2,1-4H3. The molecule has 0 aliphatic heterocycles. The van der Waals surface area contributed by atoms with Crippen molar-refractivity contribution in [1.82, 2.24) is 9.97 Å². The maximum atomic E-state index is 5.28. The zero-order valence-corrected chi connectivity index (χ0v) is 25.1. The summed E-state index contributed by atoms with van der Waals surface area (Å²) in [5.41, 5.74) is 17.4. The van der Waals surface area contributed by atoms with E-state index in [1.54, 1.807) is 0 Å². The van der Waals surface area contributed by atoms with Gasteiger partial charge in [0, 0.05) is 28.9 Å². The second-order valence-electron chi connectivity index (χ2n) is 13.9. The molecule has 2 atom stereocenters. The first kappa shape index (κ1) is 25.0. The first-order valence-electron chi connectivity index (χ1n) is 15.6. The van der Waals surface area contributed by atoms with E-state index in [0.29, 0.717) is 11.8 Å². The molecule has 0 amide bonds. The van der Waals surface area contributed by atoms with Crippen molar-refractivity contribution in [3.05, 3.63) is 143 Å². The molecule has 3 aromatic carbocycles. The van der Waals surface area contributed by atoms with Crippen LogP contribution in [0.4, 0.5) is 0 Å². The summed E-state index contributed by atoms with van der Waals surface area (Å²) in [6.07, 6.45) is 10.0. The van der Waals surface area contributed by atoms with Gasteiger partial charge in [0.15, 0.2) is 0 Å². The zero-order valence-electron chi connectivity index (χ0n) is 25.1. The first-order chi connectivity index (χ1) is 20.8. The number of nitrogens with zero attached hydrogens (tertiary/aromatic N) is 2. The van der Waals surface area contributed by atoms with E-state index in [1.165, 1.54) is 50.1 Å². The molecule has 0 saturated carbocycles. The summed E-state index contributed by atoms with van der Waals surface area (Å²) < 4.78 is 0. The fraction of sp³-hybridized carbons (Fsp3) is 0.220. The third kappa shape index (κ3) is 3.41. The van der Waals surface area contributed by atoms with E-state index in [9.17, 15) is 0 Å². The Balaban J connectivity index is 1.10. The molecule has 0 radical (unpaired) electrons. The van der Waals surface area contributed by atoms with Crippen LogP contribution < -0.4 is 0 Å². The lowest BCUT2D eigenvalue weighted by atomic mass is 9.74. The van der Waals surface area contributed by atoms with E-state index in [4.69, 9.17) is 9.97 Å². The number of benzene rings is 3. The maximum Gasteiger partial charge on any atom is 0.0932 e. The zero-order chi connectivity index (χ0) is 29.1. The SMILES string of the molecule is CC1(C)c2ccccc2-c2ccc(-c3ccc4c(n3)-c3nc(-c5ccc6c(c5)C(C)(C)C5C=CC=CC65)ccc3C4)cc21. The summed E-state index contributed by atoms with van der Waals surface area (Å²) in [4.78, 5) is 10.6. The Labute approximate surface area is 253 Å². The van der Waals surface area contributed by atoms with Crippen molar-refractivity contribution < 1.29 is 0 Å². The summed E-state index contributed by atoms with van der Waals surface area (Å²) in [5.74, 6) is 0.967. The van der Waals surface area contributed by atoms with Gasteiger partial charge in [-0.1, -0.05) is 113 Å². The minimum Gasteiger partial charge on any atom is -0.246 e. The summed E-state index contributed by atoms with van der Waals surface area (Å²) >= 11 is 0. The third-order valence-electron chi connectivity index (χ3n) is 10.8. The smallest absolute Gasteiger partial charge is 0.0932 e. The molecular weight excluding hydrogens is 520 g/mol. The van der Waals surface area contributed by atoms with Crippen molar-refractivity contribution in [3.63, 3.8) is 0 Å². The highest BCUT2D eigenvalue weighted by Crippen LogP contribution is 2.54. The van der Waals surface area contributed by atoms with Crippen molar-refractivity contribution in [2.24, 2.45) is 5.92 Å². The molecule has 5 aromatic rings. The third-order valence-corrected chi connectivity index (χ3v) is 10.8. The highest BCUT2D eigenvalue weighted by molar-refractivity contribution is 5.84. The van der Waals surface area contributed by atoms with Crippen molar-refractivity contribution in [2.45, 2.75) is 50.9 Å². The van der Waals surface area contributed by atoms with Crippen LogP contribution in [0.1, 0.15) is 67.0 Å². The fourth-order valence-corrected chi connectivity index (χ4v) is 8.40. The highest BCUT2D eigenvalue weighted by atomic mass is 14.8. The second kappa shape index (κ2) is 8.51. The minimum absolute atomic E-state index is 0.0312. The minimum atomic E-state index is -0.0312. The lowest BCUT2D eigenvalue weighted by Crippen LogP contribution is -2.24. The first-order valence-corrected chi connectivity index (χ1v) is 15.6. The molecule has 0 saturated heterocycles. The molecule has 9 rings (SSSR count). The summed E-state index contributed by atoms with van der Waals surface area (Å²) in [5, 5.41) is 0. The van der Waals surface area contributed by atoms with E-state index in [1.807, 2.05) is 0 Å². The van der Waals surface area contributed by atoms with Crippen molar-refractivity contribution >= 4 is 0 Å². The summed E-state index contributed by atoms with van der Waals surface area (Å²) in [6.45, 7) is 9.45. The van der Waals surface area contributed by atoms with Crippen molar-refractivity contribution in [2.75, 3.05) is 0 Å². The molecule has 4 aliphatic carbocycles. The Kier molecular flexibility index (Phi) is 4.94. The van der Waals surface area contributed by atoms with E-state index in [2.05, 4.69) is 137 Å². The predicted molar refractivity (Wildman–Crippen MR) is 176 cm³/mol. The monoisotopic (exact) mass is 554 g/mol. The van der Waals surface area contributed by atoms with Gasteiger partial charge in [0.25, 0.3) is 0 Å². The van der Waals surface area contributed by atoms with Gasteiger partial charge in [-0.25, -0.2) is 9.97 Å². The second-order valence-corrected chi connectivity index (χ2v) is 13.9. The molecule has 2 heterocycles. The van der Waals surface area contributed by atoms with Crippen LogP contribution in [0.15, 0.2) is 109 Å². The molecule has 2 unspecified atom stereocenters. The van der Waals surface area contributed by atoms with Crippen LogP contribution in [0.25, 0.3) is 45.0 Å². The molecule has 208 valence electrons. The fourth-order valence-electron chi connectivity index (χ4n) is 8.40.